The first kappa shape index (κ1) is 28.9. The van der Waals surface area contributed by atoms with Gasteiger partial charge in [-0.05, 0) is 6.42 Å². The highest BCUT2D eigenvalue weighted by Crippen LogP contribution is 2.06. The fourth-order valence-electron chi connectivity index (χ4n) is 2.21. The van der Waals surface area contributed by atoms with Gasteiger partial charge in [0.25, 0.3) is 5.91 Å². The van der Waals surface area contributed by atoms with Crippen molar-refractivity contribution >= 4 is 35.9 Å². The zero-order valence-corrected chi connectivity index (χ0v) is 16.8. The molecule has 0 fully saturated rings. The lowest BCUT2D eigenvalue weighted by Gasteiger charge is -2.23. The Morgan fingerprint density at radius 2 is 1.28 bits per heavy atom. The smallest absolute Gasteiger partial charge is 0.335 e. The fraction of sp³-hybridized carbons (Fsp3) is 0.647. The van der Waals surface area contributed by atoms with Gasteiger partial charge in [0.15, 0.2) is 18.5 Å². The van der Waals surface area contributed by atoms with Gasteiger partial charge in [-0.2, -0.15) is 0 Å². The van der Waals surface area contributed by atoms with Crippen LogP contribution in [0.15, 0.2) is 0 Å². The Labute approximate surface area is 181 Å². The highest BCUT2D eigenvalue weighted by atomic mass is 16.4. The van der Waals surface area contributed by atoms with Crippen LogP contribution in [-0.4, -0.2) is 110 Å². The standard InChI is InChI=1S/C17H26N3O12/c21-7-1-2-8(16(29)30)20-10(23)4-5-18-9(22)3-6-19-15(28)13(26)11(24)12(25)14(27)17(31)32/h8,11-14,24-27H,1-6H2,(H,18,22)(H,19,28)(H,20,23)(H,29,30)(H,31,32)/t8-,11+,12-,13-,14+/m0/s1. The number of carbonyl (C=O) groups excluding carboxylic acids is 4. The van der Waals surface area contributed by atoms with Crippen molar-refractivity contribution in [2.75, 3.05) is 13.1 Å². The van der Waals surface area contributed by atoms with Gasteiger partial charge in [0.05, 0.1) is 0 Å². The van der Waals surface area contributed by atoms with E-state index < -0.39 is 60.1 Å². The summed E-state index contributed by atoms with van der Waals surface area (Å²) in [6.07, 6.45) is -8.77. The van der Waals surface area contributed by atoms with Crippen molar-refractivity contribution < 1.29 is 59.4 Å². The van der Waals surface area contributed by atoms with Gasteiger partial charge in [-0.3, -0.25) is 19.2 Å². The number of amides is 3. The molecule has 0 aromatic carbocycles. The molecule has 32 heavy (non-hydrogen) atoms. The number of aliphatic hydroxyl groups is 4. The van der Waals surface area contributed by atoms with Crippen molar-refractivity contribution in [3.63, 3.8) is 0 Å². The molecule has 0 heterocycles. The molecule has 0 spiro atoms. The minimum absolute atomic E-state index is 0.135. The maximum Gasteiger partial charge on any atom is 0.335 e. The van der Waals surface area contributed by atoms with Crippen LogP contribution in [0.2, 0.25) is 0 Å². The van der Waals surface area contributed by atoms with Gasteiger partial charge in [-0.1, -0.05) is 0 Å². The Morgan fingerprint density at radius 3 is 1.81 bits per heavy atom. The van der Waals surface area contributed by atoms with Gasteiger partial charge in [0.2, 0.25) is 11.8 Å². The first-order chi connectivity index (χ1) is 14.9. The van der Waals surface area contributed by atoms with E-state index in [2.05, 4.69) is 10.6 Å². The van der Waals surface area contributed by atoms with E-state index in [4.69, 9.17) is 15.3 Å². The van der Waals surface area contributed by atoms with Gasteiger partial charge in [0, 0.05) is 32.4 Å². The van der Waals surface area contributed by atoms with Crippen molar-refractivity contribution in [3.05, 3.63) is 0 Å². The normalized spacial score (nSPS) is 15.4. The molecule has 15 heteroatoms. The lowest BCUT2D eigenvalue weighted by atomic mass is 10.0. The van der Waals surface area contributed by atoms with Gasteiger partial charge >= 0.3 is 11.9 Å². The maximum atomic E-state index is 11.7. The quantitative estimate of drug-likeness (QED) is 0.104. The second-order valence-corrected chi connectivity index (χ2v) is 6.49. The molecule has 0 aliphatic rings. The Kier molecular flexibility index (Phi) is 13.3. The number of carboxylic acids is 2. The van der Waals surface area contributed by atoms with Gasteiger partial charge in [0.1, 0.15) is 18.2 Å². The molecule has 0 aliphatic carbocycles. The largest absolute Gasteiger partial charge is 0.480 e. The number of nitrogens with one attached hydrogen (secondary N) is 3. The summed E-state index contributed by atoms with van der Waals surface area (Å²) >= 11 is 0. The molecule has 0 rings (SSSR count). The molecular formula is C17H26N3O12. The second kappa shape index (κ2) is 14.8. The molecule has 5 atom stereocenters. The summed E-state index contributed by atoms with van der Waals surface area (Å²) in [5.41, 5.74) is 0. The molecule has 0 aliphatic heterocycles. The third kappa shape index (κ3) is 10.8. The lowest BCUT2D eigenvalue weighted by molar-refractivity contribution is -0.166. The van der Waals surface area contributed by atoms with Crippen LogP contribution in [0, 0.1) is 0 Å². The SMILES string of the molecule is O=[C]CC[C@H](NC(=O)CCNC(=O)CCNC(=O)[C@@H](O)[C@H](O)[C@H](O)[C@@H](O)C(=O)O)C(=O)O. The average molecular weight is 464 g/mol. The van der Waals surface area contributed by atoms with Gasteiger partial charge in [-0.15, -0.1) is 0 Å². The Hall–Kier alpha value is -3.14. The van der Waals surface area contributed by atoms with Crippen LogP contribution in [0.5, 0.6) is 0 Å². The summed E-state index contributed by atoms with van der Waals surface area (Å²) < 4.78 is 0. The van der Waals surface area contributed by atoms with E-state index in [9.17, 15) is 44.1 Å². The molecule has 0 unspecified atom stereocenters. The minimum Gasteiger partial charge on any atom is -0.480 e. The van der Waals surface area contributed by atoms with Crippen molar-refractivity contribution in [3.8, 4) is 0 Å². The number of hydrogen-bond acceptors (Lipinski definition) is 10. The van der Waals surface area contributed by atoms with E-state index in [1.54, 1.807) is 0 Å². The highest BCUT2D eigenvalue weighted by Gasteiger charge is 2.37. The van der Waals surface area contributed by atoms with E-state index in [0.717, 1.165) is 0 Å². The summed E-state index contributed by atoms with van der Waals surface area (Å²) in [4.78, 5) is 66.7. The molecule has 15 nitrogen and oxygen atoms in total. The molecular weight excluding hydrogens is 438 g/mol. The zero-order chi connectivity index (χ0) is 24.8. The van der Waals surface area contributed by atoms with E-state index in [0.29, 0.717) is 0 Å². The van der Waals surface area contributed by atoms with Gasteiger partial charge < -0.3 is 46.6 Å². The first-order valence-corrected chi connectivity index (χ1v) is 9.29. The van der Waals surface area contributed by atoms with Crippen LogP contribution >= 0.6 is 0 Å². The van der Waals surface area contributed by atoms with Crippen molar-refractivity contribution in [2.24, 2.45) is 0 Å². The number of hydrogen-bond donors (Lipinski definition) is 9. The summed E-state index contributed by atoms with van der Waals surface area (Å²) in [6.45, 7) is -0.493. The average Bonchev–Trinajstić information content (AvgIpc) is 2.73. The monoisotopic (exact) mass is 464 g/mol. The van der Waals surface area contributed by atoms with Crippen LogP contribution in [0.4, 0.5) is 0 Å². The lowest BCUT2D eigenvalue weighted by Crippen LogP contribution is -2.52. The maximum absolute atomic E-state index is 11.7. The topological polar surface area (TPSA) is 260 Å². The Morgan fingerprint density at radius 1 is 0.750 bits per heavy atom. The van der Waals surface area contributed by atoms with Crippen molar-refractivity contribution in [2.45, 2.75) is 56.1 Å². The molecule has 0 saturated heterocycles. The van der Waals surface area contributed by atoms with Crippen molar-refractivity contribution in [1.82, 2.24) is 16.0 Å². The highest BCUT2D eigenvalue weighted by molar-refractivity contribution is 5.85. The van der Waals surface area contributed by atoms with E-state index in [1.807, 2.05) is 5.32 Å². The molecule has 9 N–H and O–H groups in total. The van der Waals surface area contributed by atoms with Crippen molar-refractivity contribution in [1.29, 1.82) is 0 Å². The van der Waals surface area contributed by atoms with E-state index >= 15 is 0 Å². The number of carboxylic acid groups (broad SMARTS) is 2. The second-order valence-electron chi connectivity index (χ2n) is 6.49. The molecule has 0 aromatic heterocycles. The van der Waals surface area contributed by atoms with Crippen LogP contribution < -0.4 is 16.0 Å². The summed E-state index contributed by atoms with van der Waals surface area (Å²) in [5.74, 6) is -5.76. The summed E-state index contributed by atoms with van der Waals surface area (Å²) in [5, 5.41) is 61.6. The summed E-state index contributed by atoms with van der Waals surface area (Å²) in [7, 11) is 0. The van der Waals surface area contributed by atoms with E-state index in [1.165, 1.54) is 6.29 Å². The molecule has 3 amide bonds. The first-order valence-electron chi connectivity index (χ1n) is 9.29. The number of aliphatic carboxylic acids is 2. The molecule has 0 aromatic rings. The van der Waals surface area contributed by atoms with Crippen LogP contribution in [-0.2, 0) is 28.8 Å². The van der Waals surface area contributed by atoms with Crippen LogP contribution in [0.3, 0.4) is 0 Å². The Bertz CT molecular complexity index is 686. The van der Waals surface area contributed by atoms with E-state index in [-0.39, 0.29) is 38.8 Å². The Balaban J connectivity index is 4.25. The van der Waals surface area contributed by atoms with Crippen LogP contribution in [0.25, 0.3) is 0 Å². The third-order valence-corrected chi connectivity index (χ3v) is 4.01. The van der Waals surface area contributed by atoms with Crippen LogP contribution in [0.1, 0.15) is 25.7 Å². The molecule has 1 radical (unpaired) electrons. The number of aliphatic hydroxyl groups excluding tert-OH is 4. The molecule has 0 saturated carbocycles. The zero-order valence-electron chi connectivity index (χ0n) is 16.8. The summed E-state index contributed by atoms with van der Waals surface area (Å²) in [6, 6.07) is -1.27. The predicted octanol–water partition coefficient (Wildman–Crippen LogP) is -5.01. The number of rotatable bonds is 16. The third-order valence-electron chi connectivity index (χ3n) is 4.01. The number of carbonyl (C=O) groups is 5. The fourth-order valence-corrected chi connectivity index (χ4v) is 2.21. The minimum atomic E-state index is -2.44. The predicted molar refractivity (Wildman–Crippen MR) is 101 cm³/mol. The molecule has 0 bridgehead atoms. The van der Waals surface area contributed by atoms with Gasteiger partial charge in [-0.25, -0.2) is 9.59 Å². The molecule has 181 valence electrons.